The molecule has 0 aromatic heterocycles. The molecule has 3 fully saturated rings. The molecule has 0 bridgehead atoms. The number of hydrogen-bond donors (Lipinski definition) is 12. The number of carbonyl (C=O) groups is 1. The van der Waals surface area contributed by atoms with Crippen molar-refractivity contribution in [2.24, 2.45) is 0 Å². The monoisotopic (exact) mass is 1480 g/mol. The number of allylic oxidation sites excluding steroid dienone is 19. The first-order valence-corrected chi connectivity index (χ1v) is 41.3. The number of ether oxygens (including phenoxy) is 6. The average molecular weight is 1480 g/mol. The van der Waals surface area contributed by atoms with Gasteiger partial charge in [0.15, 0.2) is 18.9 Å². The summed E-state index contributed by atoms with van der Waals surface area (Å²) in [5.41, 5.74) is 0. The first-order valence-electron chi connectivity index (χ1n) is 41.3. The Kier molecular flexibility index (Phi) is 59.0. The van der Waals surface area contributed by atoms with Crippen molar-refractivity contribution in [2.45, 2.75) is 388 Å². The van der Waals surface area contributed by atoms with Crippen molar-refractivity contribution in [3.8, 4) is 0 Å². The van der Waals surface area contributed by atoms with Gasteiger partial charge < -0.3 is 89.9 Å². The van der Waals surface area contributed by atoms with Crippen LogP contribution in [0.3, 0.4) is 0 Å². The van der Waals surface area contributed by atoms with E-state index in [9.17, 15) is 61.0 Å². The minimum atomic E-state index is -1.99. The van der Waals surface area contributed by atoms with Crippen LogP contribution in [-0.2, 0) is 33.2 Å². The van der Waals surface area contributed by atoms with Gasteiger partial charge in [-0.2, -0.15) is 0 Å². The number of hydrogen-bond acceptors (Lipinski definition) is 18. The topological polar surface area (TPSA) is 307 Å². The van der Waals surface area contributed by atoms with E-state index < -0.39 is 124 Å². The first-order chi connectivity index (χ1) is 51.3. The molecule has 0 aromatic carbocycles. The highest BCUT2D eigenvalue weighted by Crippen LogP contribution is 2.33. The van der Waals surface area contributed by atoms with Gasteiger partial charge in [-0.3, -0.25) is 4.79 Å². The Morgan fingerprint density at radius 1 is 0.352 bits per heavy atom. The highest BCUT2D eigenvalue weighted by Gasteiger charge is 2.54. The minimum absolute atomic E-state index is 0.213. The molecule has 3 aliphatic rings. The summed E-state index contributed by atoms with van der Waals surface area (Å²) in [5.74, 6) is -0.297. The third-order valence-electron chi connectivity index (χ3n) is 19.8. The van der Waals surface area contributed by atoms with Gasteiger partial charge in [0.1, 0.15) is 73.2 Å². The Hall–Kier alpha value is -3.81. The number of rotatable bonds is 64. The van der Waals surface area contributed by atoms with Crippen LogP contribution >= 0.6 is 0 Å². The van der Waals surface area contributed by atoms with Gasteiger partial charge in [-0.1, -0.05) is 309 Å². The summed E-state index contributed by atoms with van der Waals surface area (Å²) in [6.07, 6.45) is 64.6. The highest BCUT2D eigenvalue weighted by atomic mass is 16.8. The van der Waals surface area contributed by atoms with Gasteiger partial charge in [0, 0.05) is 6.42 Å². The fourth-order valence-corrected chi connectivity index (χ4v) is 13.2. The van der Waals surface area contributed by atoms with Crippen molar-refractivity contribution in [3.63, 3.8) is 0 Å². The lowest BCUT2D eigenvalue weighted by molar-refractivity contribution is -0.379. The second kappa shape index (κ2) is 65.0. The zero-order valence-electron chi connectivity index (χ0n) is 64.7. The number of carbonyl (C=O) groups excluding carboxylic acids is 1. The van der Waals surface area contributed by atoms with Gasteiger partial charge in [-0.15, -0.1) is 0 Å². The van der Waals surface area contributed by atoms with Crippen molar-refractivity contribution < 1.29 is 89.4 Å². The van der Waals surface area contributed by atoms with E-state index in [-0.39, 0.29) is 18.9 Å². The van der Waals surface area contributed by atoms with Crippen LogP contribution in [0.15, 0.2) is 122 Å². The molecule has 0 aliphatic carbocycles. The molecular formula is C86H147NO18. The maximum atomic E-state index is 13.5. The molecule has 3 heterocycles. The minimum Gasteiger partial charge on any atom is -0.394 e. The predicted molar refractivity (Wildman–Crippen MR) is 420 cm³/mol. The molecule has 0 saturated carbocycles. The summed E-state index contributed by atoms with van der Waals surface area (Å²) in [7, 11) is 0. The molecule has 3 saturated heterocycles. The molecule has 0 spiro atoms. The zero-order chi connectivity index (χ0) is 76.0. The Bertz CT molecular complexity index is 2370. The summed E-state index contributed by atoms with van der Waals surface area (Å²) in [6, 6.07) is -0.995. The molecule has 3 aliphatic heterocycles. The van der Waals surface area contributed by atoms with E-state index in [4.69, 9.17) is 28.4 Å². The van der Waals surface area contributed by atoms with Crippen molar-refractivity contribution in [3.05, 3.63) is 122 Å². The molecule has 17 unspecified atom stereocenters. The number of aliphatic hydroxyl groups is 11. The Balaban J connectivity index is 1.39. The quantitative estimate of drug-likeness (QED) is 0.0199. The van der Waals surface area contributed by atoms with E-state index in [2.05, 4.69) is 129 Å². The fraction of sp³-hybridized carbons (Fsp3) is 0.756. The van der Waals surface area contributed by atoms with Crippen molar-refractivity contribution in [1.29, 1.82) is 0 Å². The standard InChI is InChI=1S/C86H147NO18/c1-3-5-7-9-11-13-15-17-19-21-23-25-27-29-31-32-33-34-35-36-38-40-42-44-46-48-50-52-54-56-58-60-62-64-74(92)87-69(70(91)63-61-59-57-55-53-51-49-47-45-43-41-39-37-30-28-26-24-22-20-18-16-14-12-10-8-6-4-2)68-100-84-80(98)77(95)82(72(66-89)102-84)105-86-81(99)78(96)83(73(67-90)103-86)104-85-79(97)76(94)75(93)71(65-88)101-85/h5,7,11,13,17,19,23,25,29,31,33-34,36,38,42,44,48,50,61,63,69-73,75-86,88-91,93-99H,3-4,6,8-10,12,14-16,18,20-22,24,26-28,30,32,35,37,39-41,43,45-47,49,51-60,62,64-68H2,1-2H3,(H,87,92)/b7-5-,13-11-,19-17-,25-23-,31-29-,34-33-,38-36-,44-42-,50-48-,63-61+. The Morgan fingerprint density at radius 3 is 1.03 bits per heavy atom. The summed E-state index contributed by atoms with van der Waals surface area (Å²) >= 11 is 0. The molecule has 604 valence electrons. The van der Waals surface area contributed by atoms with Crippen molar-refractivity contribution in [2.75, 3.05) is 26.4 Å². The van der Waals surface area contributed by atoms with Crippen LogP contribution in [0.2, 0.25) is 0 Å². The van der Waals surface area contributed by atoms with Gasteiger partial charge in [0.25, 0.3) is 0 Å². The Labute approximate surface area is 633 Å². The molecule has 17 atom stereocenters. The summed E-state index contributed by atoms with van der Waals surface area (Å²) in [4.78, 5) is 13.5. The average Bonchev–Trinajstić information content (AvgIpc) is 0.780. The van der Waals surface area contributed by atoms with Crippen LogP contribution in [0.1, 0.15) is 284 Å². The van der Waals surface area contributed by atoms with E-state index in [1.54, 1.807) is 6.08 Å². The van der Waals surface area contributed by atoms with Crippen LogP contribution in [0.25, 0.3) is 0 Å². The van der Waals surface area contributed by atoms with Crippen molar-refractivity contribution >= 4 is 5.91 Å². The molecule has 1 amide bonds. The number of unbranched alkanes of at least 4 members (excludes halogenated alkanes) is 30. The van der Waals surface area contributed by atoms with Crippen LogP contribution in [-0.4, -0.2) is 193 Å². The lowest BCUT2D eigenvalue weighted by Gasteiger charge is -2.48. The second-order valence-electron chi connectivity index (χ2n) is 28.9. The largest absolute Gasteiger partial charge is 0.394 e. The normalized spacial score (nSPS) is 26.4. The smallest absolute Gasteiger partial charge is 0.220 e. The summed E-state index contributed by atoms with van der Waals surface area (Å²) < 4.78 is 34.5. The molecule has 19 nitrogen and oxygen atoms in total. The van der Waals surface area contributed by atoms with Gasteiger partial charge >= 0.3 is 0 Å². The zero-order valence-corrected chi connectivity index (χ0v) is 64.7. The molecule has 19 heteroatoms. The van der Waals surface area contributed by atoms with E-state index >= 15 is 0 Å². The maximum absolute atomic E-state index is 13.5. The van der Waals surface area contributed by atoms with Gasteiger partial charge in [0.2, 0.25) is 5.91 Å². The number of aliphatic hydroxyl groups excluding tert-OH is 11. The molecule has 12 N–H and O–H groups in total. The van der Waals surface area contributed by atoms with Gasteiger partial charge in [-0.25, -0.2) is 0 Å². The van der Waals surface area contributed by atoms with Gasteiger partial charge in [0.05, 0.1) is 38.6 Å². The van der Waals surface area contributed by atoms with E-state index in [1.807, 2.05) is 6.08 Å². The van der Waals surface area contributed by atoms with Crippen LogP contribution in [0.5, 0.6) is 0 Å². The molecule has 105 heavy (non-hydrogen) atoms. The maximum Gasteiger partial charge on any atom is 0.220 e. The van der Waals surface area contributed by atoms with E-state index in [1.165, 1.54) is 141 Å². The van der Waals surface area contributed by atoms with Crippen molar-refractivity contribution in [1.82, 2.24) is 5.32 Å². The van der Waals surface area contributed by atoms with Gasteiger partial charge in [-0.05, 0) is 89.9 Å². The third kappa shape index (κ3) is 44.6. The van der Waals surface area contributed by atoms with E-state index in [0.29, 0.717) is 6.42 Å². The first kappa shape index (κ1) is 95.4. The number of nitrogens with one attached hydrogen (secondary N) is 1. The fourth-order valence-electron chi connectivity index (χ4n) is 13.2. The highest BCUT2D eigenvalue weighted by molar-refractivity contribution is 5.76. The molecule has 0 radical (unpaired) electrons. The lowest BCUT2D eigenvalue weighted by Crippen LogP contribution is -2.66. The summed E-state index contributed by atoms with van der Waals surface area (Å²) in [6.45, 7) is 1.63. The van der Waals surface area contributed by atoms with E-state index in [0.717, 1.165) is 116 Å². The van der Waals surface area contributed by atoms with Crippen LogP contribution in [0, 0.1) is 0 Å². The molecular weight excluding hydrogens is 1330 g/mol. The molecule has 3 rings (SSSR count). The summed E-state index contributed by atoms with van der Waals surface area (Å²) in [5, 5.41) is 121. The SMILES string of the molecule is CC/C=C\C/C=C\C/C=C\C/C=C\C/C=C\C/C=C\C/C=C\C/C=C\C/C=C\CCCCCCCC(=O)NC(COC1OC(CO)C(OC2OC(CO)C(OC3OC(CO)C(O)C(O)C3O)C(O)C2O)C(O)C1O)C(O)/C=C/CCCCCCCCCCCCCCCCCCCCCCCCCCC. The lowest BCUT2D eigenvalue weighted by atomic mass is 9.96. The van der Waals surface area contributed by atoms with Crippen LogP contribution < -0.4 is 5.32 Å². The third-order valence-corrected chi connectivity index (χ3v) is 19.8. The van der Waals surface area contributed by atoms with Crippen LogP contribution in [0.4, 0.5) is 0 Å². The second-order valence-corrected chi connectivity index (χ2v) is 28.9. The Morgan fingerprint density at radius 2 is 0.657 bits per heavy atom. The number of amides is 1. The predicted octanol–water partition coefficient (Wildman–Crippen LogP) is 14.3. The molecule has 0 aromatic rings.